The van der Waals surface area contributed by atoms with Gasteiger partial charge in [-0.25, -0.2) is 0 Å². The Bertz CT molecular complexity index is 4170. The van der Waals surface area contributed by atoms with Crippen LogP contribution in [0.3, 0.4) is 0 Å². The molecule has 0 spiro atoms. The van der Waals surface area contributed by atoms with Gasteiger partial charge in [-0.15, -0.1) is 35.9 Å². The van der Waals surface area contributed by atoms with Crippen LogP contribution < -0.4 is 4.57 Å². The molecule has 0 fully saturated rings. The summed E-state index contributed by atoms with van der Waals surface area (Å²) in [5, 5.41) is 2.15. The van der Waals surface area contributed by atoms with Gasteiger partial charge in [-0.3, -0.25) is 13.9 Å². The van der Waals surface area contributed by atoms with Crippen LogP contribution in [0.2, 0.25) is 0 Å². The molecular formula is C70H61FIrN4O+. The van der Waals surface area contributed by atoms with Crippen LogP contribution in [-0.4, -0.2) is 14.1 Å². The van der Waals surface area contributed by atoms with Crippen molar-refractivity contribution >= 4 is 44.0 Å². The van der Waals surface area contributed by atoms with Crippen molar-refractivity contribution in [1.82, 2.24) is 14.1 Å². The van der Waals surface area contributed by atoms with E-state index in [4.69, 9.17) is 9.40 Å². The van der Waals surface area contributed by atoms with Crippen molar-refractivity contribution < 1.29 is 33.5 Å². The molecule has 3 aromatic heterocycles. The second kappa shape index (κ2) is 19.7. The third-order valence-corrected chi connectivity index (χ3v) is 16.4. The zero-order valence-corrected chi connectivity index (χ0v) is 47.7. The van der Waals surface area contributed by atoms with Crippen molar-refractivity contribution in [2.24, 2.45) is 0 Å². The molecule has 0 saturated carbocycles. The molecule has 5 nitrogen and oxygen atoms in total. The number of aryl methyl sites for hydroxylation is 2. The molecule has 0 atom stereocenters. The van der Waals surface area contributed by atoms with Crippen molar-refractivity contribution in [2.45, 2.75) is 91.9 Å². The maximum absolute atomic E-state index is 14.4. The summed E-state index contributed by atoms with van der Waals surface area (Å²) in [6.45, 7) is 22.3. The number of benzene rings is 9. The maximum atomic E-state index is 14.4. The van der Waals surface area contributed by atoms with Gasteiger partial charge in [0.2, 0.25) is 0 Å². The van der Waals surface area contributed by atoms with Gasteiger partial charge < -0.3 is 13.6 Å². The van der Waals surface area contributed by atoms with Crippen molar-refractivity contribution in [3.63, 3.8) is 0 Å². The zero-order valence-electron chi connectivity index (χ0n) is 45.3. The van der Waals surface area contributed by atoms with Gasteiger partial charge in [0.1, 0.15) is 5.58 Å². The number of rotatable bonds is 7. The van der Waals surface area contributed by atoms with Crippen molar-refractivity contribution in [2.75, 3.05) is 0 Å². The summed E-state index contributed by atoms with van der Waals surface area (Å²) in [5.41, 5.74) is 21.3. The first-order valence-electron chi connectivity index (χ1n) is 26.5. The smallest absolute Gasteiger partial charge is 0.501 e. The number of aromatic nitrogens is 4. The average molecular weight is 1190 g/mol. The number of halogens is 1. The molecule has 0 amide bonds. The first-order chi connectivity index (χ1) is 36.6. The molecular weight excluding hydrogens is 1120 g/mol. The Morgan fingerprint density at radius 3 is 1.87 bits per heavy atom. The van der Waals surface area contributed by atoms with E-state index in [1.807, 2.05) is 12.1 Å². The van der Waals surface area contributed by atoms with Crippen LogP contribution in [0.5, 0.6) is 0 Å². The molecule has 0 unspecified atom stereocenters. The minimum atomic E-state index is -0.300. The number of hydrogen-bond acceptors (Lipinski definition) is 2. The number of para-hydroxylation sites is 4. The van der Waals surface area contributed by atoms with Crippen LogP contribution in [0.4, 0.5) is 4.39 Å². The summed E-state index contributed by atoms with van der Waals surface area (Å²) in [7, 11) is 0. The van der Waals surface area contributed by atoms with Gasteiger partial charge in [0.25, 0.3) is 6.33 Å². The quantitative estimate of drug-likeness (QED) is 0.118. The summed E-state index contributed by atoms with van der Waals surface area (Å²) >= 11 is 0. The molecule has 0 N–H and O–H groups in total. The van der Waals surface area contributed by atoms with Crippen LogP contribution in [0.15, 0.2) is 180 Å². The molecule has 77 heavy (non-hydrogen) atoms. The van der Waals surface area contributed by atoms with Gasteiger partial charge in [-0.1, -0.05) is 188 Å². The normalized spacial score (nSPS) is 13.5. The van der Waals surface area contributed by atoms with Gasteiger partial charge in [0.15, 0.2) is 0 Å². The van der Waals surface area contributed by atoms with E-state index < -0.39 is 0 Å². The van der Waals surface area contributed by atoms with Crippen LogP contribution in [-0.2, 0) is 30.9 Å². The van der Waals surface area contributed by atoms with E-state index in [1.165, 1.54) is 56.3 Å². The number of nitrogens with zero attached hydrogens (tertiary/aromatic N) is 4. The van der Waals surface area contributed by atoms with Gasteiger partial charge in [0.05, 0.1) is 39.2 Å². The van der Waals surface area contributed by atoms with Gasteiger partial charge in [0, 0.05) is 16.9 Å². The van der Waals surface area contributed by atoms with E-state index >= 15 is 0 Å². The predicted molar refractivity (Wildman–Crippen MR) is 310 cm³/mol. The molecule has 12 aromatic rings. The van der Waals surface area contributed by atoms with Crippen LogP contribution in [0, 0.1) is 38.1 Å². The van der Waals surface area contributed by atoms with Crippen molar-refractivity contribution in [3.05, 3.63) is 234 Å². The van der Waals surface area contributed by atoms with E-state index in [-0.39, 0.29) is 48.6 Å². The SMILES string of the molecule is CC(C)c1cc(-c2ccccc2)cc(C(C)C)c1-n1c(-c2[c-]ccc3c2oc2cc(-c4ccccc4)ccc23)nc2ccccc21.Cc1cccc(C)c1-n1[c-][n+]2c3c(cccc31)C(C)(C)C(C)(C)c1cc(F)c[c-]c1-2.[Ir+3]. The number of fused-ring (bicyclic) bond motifs is 6. The Hall–Kier alpha value is -7.70. The Morgan fingerprint density at radius 2 is 1.19 bits per heavy atom. The van der Waals surface area contributed by atoms with Gasteiger partial charge >= 0.3 is 20.1 Å². The fourth-order valence-corrected chi connectivity index (χ4v) is 11.7. The Morgan fingerprint density at radius 1 is 0.584 bits per heavy atom. The summed E-state index contributed by atoms with van der Waals surface area (Å²) in [5.74, 6) is 1.15. The average Bonchev–Trinajstić information content (AvgIpc) is 4.23. The van der Waals surface area contributed by atoms with Crippen molar-refractivity contribution in [3.8, 4) is 50.7 Å². The molecule has 13 rings (SSSR count). The number of furan rings is 1. The van der Waals surface area contributed by atoms with E-state index in [0.29, 0.717) is 0 Å². The van der Waals surface area contributed by atoms with Crippen LogP contribution in [0.25, 0.3) is 94.7 Å². The summed E-state index contributed by atoms with van der Waals surface area (Å²) in [4.78, 5) is 5.30. The molecule has 1 aliphatic rings. The molecule has 382 valence electrons. The second-order valence-electron chi connectivity index (χ2n) is 22.2. The molecule has 0 radical (unpaired) electrons. The Labute approximate surface area is 465 Å². The van der Waals surface area contributed by atoms with E-state index in [2.05, 4.69) is 253 Å². The minimum absolute atomic E-state index is 0. The standard InChI is InChI=1S/C43H35N2O.C27H26FN2.Ir/c1-27(2)36-24-32(30-16-9-6-10-17-30)25-37(28(3)4)41(36)45-39-21-12-11-20-38(39)44-43(45)35-19-13-18-34-33-23-22-31(26-40(33)46-42(34)35)29-14-7-5-8-15-29;1-17-9-7-10-18(2)24(17)30-16-29-22-14-13-19(28)15-21(22)27(5,6)26(3,4)20-11-8-12-23(30)25(20)29;/h5-18,20-28H,1-4H3;7-13,15H,1-6H3;/q2*-1;+3. The third kappa shape index (κ3) is 8.47. The molecule has 7 heteroatoms. The van der Waals surface area contributed by atoms with E-state index in [9.17, 15) is 4.39 Å². The molecule has 4 heterocycles. The molecule has 0 saturated heterocycles. The minimum Gasteiger partial charge on any atom is -0.501 e. The molecule has 0 aliphatic carbocycles. The second-order valence-corrected chi connectivity index (χ2v) is 22.2. The van der Waals surface area contributed by atoms with Crippen LogP contribution in [0.1, 0.15) is 101 Å². The first-order valence-corrected chi connectivity index (χ1v) is 26.5. The largest absolute Gasteiger partial charge is 3.00 e. The molecule has 9 aromatic carbocycles. The molecule has 0 bridgehead atoms. The zero-order chi connectivity index (χ0) is 52.8. The van der Waals surface area contributed by atoms with Gasteiger partial charge in [-0.05, 0) is 123 Å². The number of hydrogen-bond donors (Lipinski definition) is 0. The number of imidazole rings is 2. The van der Waals surface area contributed by atoms with Crippen molar-refractivity contribution in [1.29, 1.82) is 0 Å². The fraction of sp³-hybridized carbons (Fsp3) is 0.200. The summed E-state index contributed by atoms with van der Waals surface area (Å²) in [6.07, 6.45) is 3.60. The van der Waals surface area contributed by atoms with Gasteiger partial charge in [-0.2, -0.15) is 6.07 Å². The fourth-order valence-electron chi connectivity index (χ4n) is 11.7. The summed E-state index contributed by atoms with van der Waals surface area (Å²) < 4.78 is 27.7. The van der Waals surface area contributed by atoms with E-state index in [1.54, 1.807) is 6.07 Å². The Balaban J connectivity index is 0.000000176. The predicted octanol–water partition coefficient (Wildman–Crippen LogP) is 17.8. The molecule has 1 aliphatic heterocycles. The Kier molecular flexibility index (Phi) is 13.2. The topological polar surface area (TPSA) is 39.8 Å². The van der Waals surface area contributed by atoms with E-state index in [0.717, 1.165) is 77.9 Å². The first kappa shape index (κ1) is 51.4. The summed E-state index contributed by atoms with van der Waals surface area (Å²) in [6, 6.07) is 67.6. The monoisotopic (exact) mass is 1190 g/mol. The van der Waals surface area contributed by atoms with Crippen LogP contribution >= 0.6 is 0 Å². The maximum Gasteiger partial charge on any atom is 3.00 e. The third-order valence-electron chi connectivity index (χ3n) is 16.4.